The van der Waals surface area contributed by atoms with Crippen LogP contribution < -0.4 is 0 Å². The highest BCUT2D eigenvalue weighted by atomic mass is 79.9. The molecule has 26 heavy (non-hydrogen) atoms. The first-order valence-electron chi connectivity index (χ1n) is 8.95. The van der Waals surface area contributed by atoms with Gasteiger partial charge in [-0.05, 0) is 54.7 Å². The zero-order valence-corrected chi connectivity index (χ0v) is 16.9. The van der Waals surface area contributed by atoms with Crippen molar-refractivity contribution in [1.29, 1.82) is 0 Å². The zero-order chi connectivity index (χ0) is 18.5. The molecule has 1 heterocycles. The van der Waals surface area contributed by atoms with Gasteiger partial charge in [0.25, 0.3) is 0 Å². The molecule has 1 aliphatic rings. The van der Waals surface area contributed by atoms with Crippen LogP contribution in [0.1, 0.15) is 41.9 Å². The highest BCUT2D eigenvalue weighted by Crippen LogP contribution is 2.40. The van der Waals surface area contributed by atoms with Crippen molar-refractivity contribution >= 4 is 21.7 Å². The third kappa shape index (κ3) is 3.05. The summed E-state index contributed by atoms with van der Waals surface area (Å²) in [5.74, 6) is 0.250. The number of aryl methyl sites for hydroxylation is 1. The van der Waals surface area contributed by atoms with Crippen molar-refractivity contribution in [1.82, 2.24) is 4.57 Å². The number of carbonyl (C=O) groups is 1. The molecule has 0 atom stereocenters. The predicted molar refractivity (Wildman–Crippen MR) is 110 cm³/mol. The summed E-state index contributed by atoms with van der Waals surface area (Å²) in [5.41, 5.74) is 6.54. The van der Waals surface area contributed by atoms with E-state index in [1.807, 2.05) is 0 Å². The van der Waals surface area contributed by atoms with Crippen LogP contribution >= 0.6 is 15.9 Å². The molecule has 0 fully saturated rings. The first-order valence-corrected chi connectivity index (χ1v) is 9.74. The molecule has 0 radical (unpaired) electrons. The molecule has 2 aromatic carbocycles. The molecule has 1 aliphatic carbocycles. The second-order valence-electron chi connectivity index (χ2n) is 8.01. The van der Waals surface area contributed by atoms with Crippen LogP contribution in [-0.4, -0.2) is 10.4 Å². The number of hydrogen-bond acceptors (Lipinski definition) is 1. The summed E-state index contributed by atoms with van der Waals surface area (Å²) >= 11 is 3.52. The van der Waals surface area contributed by atoms with Gasteiger partial charge in [0.05, 0.1) is 5.69 Å². The van der Waals surface area contributed by atoms with Crippen molar-refractivity contribution in [2.24, 2.45) is 5.41 Å². The second kappa shape index (κ2) is 6.24. The third-order valence-electron chi connectivity index (χ3n) is 5.12. The van der Waals surface area contributed by atoms with E-state index in [1.54, 1.807) is 0 Å². The average molecular weight is 408 g/mol. The number of ketones is 1. The summed E-state index contributed by atoms with van der Waals surface area (Å²) < 4.78 is 3.32. The molecule has 3 aromatic rings. The van der Waals surface area contributed by atoms with Crippen molar-refractivity contribution in [3.05, 3.63) is 75.9 Å². The molecule has 0 unspecified atom stereocenters. The minimum absolute atomic E-state index is 0.0138. The van der Waals surface area contributed by atoms with E-state index in [-0.39, 0.29) is 11.2 Å². The maximum absolute atomic E-state index is 12.8. The summed E-state index contributed by atoms with van der Waals surface area (Å²) in [5, 5.41) is 0. The Balaban J connectivity index is 1.98. The topological polar surface area (TPSA) is 22.0 Å². The summed E-state index contributed by atoms with van der Waals surface area (Å²) in [6.45, 7) is 6.45. The minimum Gasteiger partial charge on any atom is -0.313 e. The molecule has 0 aliphatic heterocycles. The number of nitrogens with zero attached hydrogens (tertiary/aromatic N) is 1. The molecule has 3 heteroatoms. The van der Waals surface area contributed by atoms with Gasteiger partial charge in [0.2, 0.25) is 0 Å². The van der Waals surface area contributed by atoms with Gasteiger partial charge in [0.1, 0.15) is 0 Å². The molecule has 132 valence electrons. The lowest BCUT2D eigenvalue weighted by Gasteiger charge is -2.30. The van der Waals surface area contributed by atoms with E-state index in [9.17, 15) is 4.79 Å². The van der Waals surface area contributed by atoms with E-state index < -0.39 is 0 Å². The van der Waals surface area contributed by atoms with Crippen molar-refractivity contribution < 1.29 is 4.79 Å². The van der Waals surface area contributed by atoms with Crippen molar-refractivity contribution in [2.45, 2.75) is 33.6 Å². The van der Waals surface area contributed by atoms with Gasteiger partial charge in [0.15, 0.2) is 5.78 Å². The Morgan fingerprint density at radius 2 is 1.62 bits per heavy atom. The monoisotopic (exact) mass is 407 g/mol. The molecule has 0 N–H and O–H groups in total. The van der Waals surface area contributed by atoms with Crippen molar-refractivity contribution in [3.63, 3.8) is 0 Å². The van der Waals surface area contributed by atoms with Crippen LogP contribution in [-0.2, 0) is 6.42 Å². The highest BCUT2D eigenvalue weighted by molar-refractivity contribution is 9.10. The lowest BCUT2D eigenvalue weighted by atomic mass is 9.76. The van der Waals surface area contributed by atoms with E-state index in [2.05, 4.69) is 95.9 Å². The number of rotatable bonds is 2. The molecule has 0 saturated heterocycles. The number of aromatic nitrogens is 1. The Morgan fingerprint density at radius 3 is 2.27 bits per heavy atom. The first-order chi connectivity index (χ1) is 12.3. The standard InChI is InChI=1S/C23H22BrNO/c1-15-4-6-16(7-5-15)20-12-19-21(13-23(2,3)14-22(19)26)25(20)18-10-8-17(24)9-11-18/h4-12H,13-14H2,1-3H3. The summed E-state index contributed by atoms with van der Waals surface area (Å²) in [6, 6.07) is 18.9. The van der Waals surface area contributed by atoms with Crippen molar-refractivity contribution in [2.75, 3.05) is 0 Å². The molecule has 0 bridgehead atoms. The summed E-state index contributed by atoms with van der Waals surface area (Å²) in [7, 11) is 0. The Hall–Kier alpha value is -2.13. The molecule has 1 aromatic heterocycles. The number of halogens is 1. The van der Waals surface area contributed by atoms with E-state index in [0.717, 1.165) is 39.1 Å². The number of benzene rings is 2. The molecule has 0 amide bonds. The second-order valence-corrected chi connectivity index (χ2v) is 8.92. The van der Waals surface area contributed by atoms with Gasteiger partial charge >= 0.3 is 0 Å². The van der Waals surface area contributed by atoms with Crippen LogP contribution in [0.4, 0.5) is 0 Å². The SMILES string of the molecule is Cc1ccc(-c2cc3c(n2-c2ccc(Br)cc2)CC(C)(C)CC3=O)cc1. The Bertz CT molecular complexity index is 978. The maximum Gasteiger partial charge on any atom is 0.165 e. The fraction of sp³-hybridized carbons (Fsp3) is 0.261. The third-order valence-corrected chi connectivity index (χ3v) is 5.65. The number of hydrogen-bond donors (Lipinski definition) is 0. The Kier molecular flexibility index (Phi) is 4.15. The first kappa shape index (κ1) is 17.3. The molecular formula is C23H22BrNO. The fourth-order valence-electron chi connectivity index (χ4n) is 3.83. The van der Waals surface area contributed by atoms with Crippen LogP contribution in [0.2, 0.25) is 0 Å². The van der Waals surface area contributed by atoms with Gasteiger partial charge in [-0.2, -0.15) is 0 Å². The van der Waals surface area contributed by atoms with Crippen molar-refractivity contribution in [3.8, 4) is 16.9 Å². The molecule has 2 nitrogen and oxygen atoms in total. The Morgan fingerprint density at radius 1 is 0.962 bits per heavy atom. The van der Waals surface area contributed by atoms with Gasteiger partial charge in [-0.3, -0.25) is 4.79 Å². The van der Waals surface area contributed by atoms with E-state index in [1.165, 1.54) is 5.56 Å². The molecule has 4 rings (SSSR count). The maximum atomic E-state index is 12.8. The van der Waals surface area contributed by atoms with E-state index >= 15 is 0 Å². The summed E-state index contributed by atoms with van der Waals surface area (Å²) in [6.07, 6.45) is 1.51. The van der Waals surface area contributed by atoms with Gasteiger partial charge in [-0.15, -0.1) is 0 Å². The molecule has 0 spiro atoms. The largest absolute Gasteiger partial charge is 0.313 e. The fourth-order valence-corrected chi connectivity index (χ4v) is 4.10. The van der Waals surface area contributed by atoms with Crippen LogP contribution in [0.5, 0.6) is 0 Å². The molecular weight excluding hydrogens is 386 g/mol. The lowest BCUT2D eigenvalue weighted by molar-refractivity contribution is 0.0911. The van der Waals surface area contributed by atoms with Gasteiger partial charge in [0, 0.05) is 27.8 Å². The van der Waals surface area contributed by atoms with Crippen LogP contribution in [0.3, 0.4) is 0 Å². The van der Waals surface area contributed by atoms with Gasteiger partial charge in [-0.1, -0.05) is 59.6 Å². The minimum atomic E-state index is -0.0138. The quantitative estimate of drug-likeness (QED) is 0.483. The normalized spacial score (nSPS) is 15.8. The summed E-state index contributed by atoms with van der Waals surface area (Å²) in [4.78, 5) is 12.8. The number of fused-ring (bicyclic) bond motifs is 1. The number of carbonyl (C=O) groups excluding carboxylic acids is 1. The van der Waals surface area contributed by atoms with Crippen LogP contribution in [0.15, 0.2) is 59.1 Å². The van der Waals surface area contributed by atoms with Gasteiger partial charge in [-0.25, -0.2) is 0 Å². The van der Waals surface area contributed by atoms with Crippen LogP contribution in [0.25, 0.3) is 16.9 Å². The smallest absolute Gasteiger partial charge is 0.165 e. The average Bonchev–Trinajstić information content (AvgIpc) is 2.94. The van der Waals surface area contributed by atoms with Crippen LogP contribution in [0, 0.1) is 12.3 Å². The zero-order valence-electron chi connectivity index (χ0n) is 15.3. The van der Waals surface area contributed by atoms with Gasteiger partial charge < -0.3 is 4.57 Å². The lowest BCUT2D eigenvalue weighted by Crippen LogP contribution is -2.27. The van der Waals surface area contributed by atoms with E-state index in [0.29, 0.717) is 6.42 Å². The molecule has 0 saturated carbocycles. The Labute approximate surface area is 163 Å². The number of Topliss-reactive ketones (excluding diaryl/α,β-unsaturated/α-hetero) is 1. The highest BCUT2D eigenvalue weighted by Gasteiger charge is 2.34. The van der Waals surface area contributed by atoms with E-state index in [4.69, 9.17) is 0 Å². The predicted octanol–water partition coefficient (Wildman–Crippen LogP) is 6.37.